The predicted octanol–water partition coefficient (Wildman–Crippen LogP) is 2.38. The average Bonchev–Trinajstić information content (AvgIpc) is 3.08. The molecule has 6 heteroatoms. The number of hydrogen-bond donors (Lipinski definition) is 2. The van der Waals surface area contributed by atoms with E-state index in [-0.39, 0.29) is 12.1 Å². The minimum atomic E-state index is -0.905. The van der Waals surface area contributed by atoms with Gasteiger partial charge in [0.15, 0.2) is 0 Å². The standard InChI is InChI=1S/C14H18N2O3S/c17-13(18)11-4-2-7-16(11)14(19)15-10-3-1-5-12-9(10)6-8-20-12/h6,8,10-11H,1-5,7H2,(H,15,19)(H,17,18). The summed E-state index contributed by atoms with van der Waals surface area (Å²) in [5.41, 5.74) is 1.21. The highest BCUT2D eigenvalue weighted by molar-refractivity contribution is 7.10. The van der Waals surface area contributed by atoms with E-state index < -0.39 is 12.0 Å². The third-order valence-corrected chi connectivity index (χ3v) is 5.14. The van der Waals surface area contributed by atoms with Crippen LogP contribution in [0.15, 0.2) is 11.4 Å². The number of nitrogens with zero attached hydrogens (tertiary/aromatic N) is 1. The second kappa shape index (κ2) is 5.44. The van der Waals surface area contributed by atoms with Crippen LogP contribution in [0.25, 0.3) is 0 Å². The Balaban J connectivity index is 1.70. The van der Waals surface area contributed by atoms with Crippen LogP contribution in [0.2, 0.25) is 0 Å². The normalized spacial score (nSPS) is 25.3. The van der Waals surface area contributed by atoms with Crippen molar-refractivity contribution in [1.29, 1.82) is 0 Å². The molecule has 108 valence electrons. The van der Waals surface area contributed by atoms with E-state index in [2.05, 4.69) is 16.8 Å². The van der Waals surface area contributed by atoms with Gasteiger partial charge in [0.2, 0.25) is 0 Å². The van der Waals surface area contributed by atoms with Gasteiger partial charge in [-0.2, -0.15) is 0 Å². The van der Waals surface area contributed by atoms with Gasteiger partial charge >= 0.3 is 12.0 Å². The number of carbonyl (C=O) groups is 2. The minimum Gasteiger partial charge on any atom is -0.480 e. The first-order chi connectivity index (χ1) is 9.66. The summed E-state index contributed by atoms with van der Waals surface area (Å²) in [7, 11) is 0. The summed E-state index contributed by atoms with van der Waals surface area (Å²) in [5.74, 6) is -0.905. The molecule has 0 radical (unpaired) electrons. The summed E-state index contributed by atoms with van der Waals surface area (Å²) in [5, 5.41) is 14.2. The van der Waals surface area contributed by atoms with E-state index in [1.807, 2.05) is 0 Å². The Labute approximate surface area is 121 Å². The molecule has 0 aromatic carbocycles. The third kappa shape index (κ3) is 2.40. The molecule has 20 heavy (non-hydrogen) atoms. The van der Waals surface area contributed by atoms with E-state index in [4.69, 9.17) is 5.11 Å². The number of fused-ring (bicyclic) bond motifs is 1. The fraction of sp³-hybridized carbons (Fsp3) is 0.571. The quantitative estimate of drug-likeness (QED) is 0.880. The van der Waals surface area contributed by atoms with Gasteiger partial charge in [-0.1, -0.05) is 0 Å². The smallest absolute Gasteiger partial charge is 0.326 e. The molecule has 1 aliphatic carbocycles. The Morgan fingerprint density at radius 3 is 3.00 bits per heavy atom. The maximum absolute atomic E-state index is 12.3. The van der Waals surface area contributed by atoms with Crippen molar-refractivity contribution in [3.8, 4) is 0 Å². The molecule has 5 nitrogen and oxygen atoms in total. The minimum absolute atomic E-state index is 0.0348. The molecular weight excluding hydrogens is 276 g/mol. The second-order valence-electron chi connectivity index (χ2n) is 5.38. The van der Waals surface area contributed by atoms with Crippen LogP contribution in [-0.2, 0) is 11.2 Å². The fourth-order valence-corrected chi connectivity index (χ4v) is 4.12. The van der Waals surface area contributed by atoms with Crippen molar-refractivity contribution in [3.63, 3.8) is 0 Å². The number of thiophene rings is 1. The van der Waals surface area contributed by atoms with E-state index in [9.17, 15) is 9.59 Å². The van der Waals surface area contributed by atoms with Crippen molar-refractivity contribution >= 4 is 23.3 Å². The zero-order valence-corrected chi connectivity index (χ0v) is 12.0. The molecule has 1 saturated heterocycles. The van der Waals surface area contributed by atoms with Gasteiger partial charge in [0, 0.05) is 11.4 Å². The number of nitrogens with one attached hydrogen (secondary N) is 1. The molecule has 0 bridgehead atoms. The molecule has 0 spiro atoms. The Hall–Kier alpha value is -1.56. The molecular formula is C14H18N2O3S. The van der Waals surface area contributed by atoms with Crippen LogP contribution >= 0.6 is 11.3 Å². The number of carboxylic acid groups (broad SMARTS) is 1. The van der Waals surface area contributed by atoms with Gasteiger partial charge < -0.3 is 15.3 Å². The van der Waals surface area contributed by atoms with Gasteiger partial charge in [-0.3, -0.25) is 0 Å². The number of likely N-dealkylation sites (tertiary alicyclic amines) is 1. The molecule has 2 unspecified atom stereocenters. The molecule has 1 fully saturated rings. The summed E-state index contributed by atoms with van der Waals surface area (Å²) in [6, 6.07) is 1.20. The lowest BCUT2D eigenvalue weighted by molar-refractivity contribution is -0.141. The number of rotatable bonds is 2. The molecule has 1 aliphatic heterocycles. The van der Waals surface area contributed by atoms with E-state index in [0.29, 0.717) is 13.0 Å². The van der Waals surface area contributed by atoms with Crippen LogP contribution in [0, 0.1) is 0 Å². The lowest BCUT2D eigenvalue weighted by Gasteiger charge is -2.28. The topological polar surface area (TPSA) is 69.6 Å². The van der Waals surface area contributed by atoms with E-state index in [1.165, 1.54) is 15.3 Å². The predicted molar refractivity (Wildman–Crippen MR) is 75.9 cm³/mol. The highest BCUT2D eigenvalue weighted by Gasteiger charge is 2.35. The third-order valence-electron chi connectivity index (χ3n) is 4.15. The lowest BCUT2D eigenvalue weighted by atomic mass is 9.94. The van der Waals surface area contributed by atoms with Crippen LogP contribution in [0.5, 0.6) is 0 Å². The molecule has 2 atom stereocenters. The number of amides is 2. The van der Waals surface area contributed by atoms with Gasteiger partial charge in [-0.05, 0) is 49.1 Å². The summed E-state index contributed by atoms with van der Waals surface area (Å²) >= 11 is 1.73. The van der Waals surface area contributed by atoms with Crippen molar-refractivity contribution in [2.24, 2.45) is 0 Å². The summed E-state index contributed by atoms with van der Waals surface area (Å²) in [4.78, 5) is 26.3. The van der Waals surface area contributed by atoms with Gasteiger partial charge in [0.1, 0.15) is 6.04 Å². The fourth-order valence-electron chi connectivity index (χ4n) is 3.13. The van der Waals surface area contributed by atoms with E-state index in [1.54, 1.807) is 11.3 Å². The molecule has 2 aliphatic rings. The van der Waals surface area contributed by atoms with Crippen LogP contribution in [0.3, 0.4) is 0 Å². The molecule has 2 heterocycles. The van der Waals surface area contributed by atoms with Gasteiger partial charge in [-0.25, -0.2) is 9.59 Å². The van der Waals surface area contributed by atoms with Crippen molar-refractivity contribution in [3.05, 3.63) is 21.9 Å². The first-order valence-corrected chi connectivity index (χ1v) is 7.91. The number of urea groups is 1. The van der Waals surface area contributed by atoms with Gasteiger partial charge in [0.05, 0.1) is 6.04 Å². The second-order valence-corrected chi connectivity index (χ2v) is 6.38. The summed E-state index contributed by atoms with van der Waals surface area (Å²) in [6.45, 7) is 0.534. The highest BCUT2D eigenvalue weighted by atomic mass is 32.1. The first kappa shape index (κ1) is 13.4. The van der Waals surface area contributed by atoms with Crippen molar-refractivity contribution in [1.82, 2.24) is 10.2 Å². The van der Waals surface area contributed by atoms with Crippen LogP contribution in [0.1, 0.15) is 42.2 Å². The maximum atomic E-state index is 12.3. The largest absolute Gasteiger partial charge is 0.480 e. The molecule has 2 N–H and O–H groups in total. The van der Waals surface area contributed by atoms with Crippen molar-refractivity contribution in [2.75, 3.05) is 6.54 Å². The molecule has 1 aromatic heterocycles. The zero-order chi connectivity index (χ0) is 14.1. The number of aryl methyl sites for hydroxylation is 1. The summed E-state index contributed by atoms with van der Waals surface area (Å²) in [6.07, 6.45) is 4.40. The molecule has 3 rings (SSSR count). The van der Waals surface area contributed by atoms with Crippen LogP contribution in [-0.4, -0.2) is 34.6 Å². The van der Waals surface area contributed by atoms with E-state index in [0.717, 1.165) is 25.7 Å². The number of carboxylic acids is 1. The molecule has 1 aromatic rings. The van der Waals surface area contributed by atoms with Crippen LogP contribution < -0.4 is 5.32 Å². The number of carbonyl (C=O) groups excluding carboxylic acids is 1. The van der Waals surface area contributed by atoms with Gasteiger partial charge in [-0.15, -0.1) is 11.3 Å². The van der Waals surface area contributed by atoms with Crippen molar-refractivity contribution < 1.29 is 14.7 Å². The zero-order valence-electron chi connectivity index (χ0n) is 11.2. The van der Waals surface area contributed by atoms with Crippen molar-refractivity contribution in [2.45, 2.75) is 44.2 Å². The van der Waals surface area contributed by atoms with Gasteiger partial charge in [0.25, 0.3) is 0 Å². The Kier molecular flexibility index (Phi) is 3.65. The van der Waals surface area contributed by atoms with Crippen LogP contribution in [0.4, 0.5) is 4.79 Å². The lowest BCUT2D eigenvalue weighted by Crippen LogP contribution is -2.47. The monoisotopic (exact) mass is 294 g/mol. The Bertz CT molecular complexity index is 528. The number of hydrogen-bond acceptors (Lipinski definition) is 3. The highest BCUT2D eigenvalue weighted by Crippen LogP contribution is 2.33. The van der Waals surface area contributed by atoms with E-state index >= 15 is 0 Å². The maximum Gasteiger partial charge on any atom is 0.326 e. The number of aliphatic carboxylic acids is 1. The SMILES string of the molecule is O=C(O)C1CCCN1C(=O)NC1CCCc2sccc21. The average molecular weight is 294 g/mol. The summed E-state index contributed by atoms with van der Waals surface area (Å²) < 4.78 is 0. The molecule has 2 amide bonds. The first-order valence-electron chi connectivity index (χ1n) is 7.03. The molecule has 0 saturated carbocycles. The Morgan fingerprint density at radius 1 is 1.35 bits per heavy atom. The Morgan fingerprint density at radius 2 is 2.20 bits per heavy atom.